The zero-order valence-corrected chi connectivity index (χ0v) is 9.46. The van der Waals surface area contributed by atoms with Crippen molar-refractivity contribution in [1.29, 1.82) is 0 Å². The summed E-state index contributed by atoms with van der Waals surface area (Å²) in [4.78, 5) is 0. The summed E-state index contributed by atoms with van der Waals surface area (Å²) in [6, 6.07) is 5.83. The van der Waals surface area contributed by atoms with Gasteiger partial charge in [-0.15, -0.1) is 0 Å². The van der Waals surface area contributed by atoms with Gasteiger partial charge in [0.15, 0.2) is 0 Å². The zero-order chi connectivity index (χ0) is 11.4. The van der Waals surface area contributed by atoms with E-state index in [1.165, 1.54) is 0 Å². The van der Waals surface area contributed by atoms with Gasteiger partial charge in [-0.05, 0) is 43.7 Å². The number of rotatable bonds is 3. The van der Waals surface area contributed by atoms with E-state index in [0.29, 0.717) is 0 Å². The Morgan fingerprint density at radius 3 is 2.94 bits per heavy atom. The molecule has 0 atom stereocenters. The van der Waals surface area contributed by atoms with E-state index in [1.54, 1.807) is 12.4 Å². The van der Waals surface area contributed by atoms with E-state index in [1.807, 2.05) is 29.8 Å². The van der Waals surface area contributed by atoms with Gasteiger partial charge in [0, 0.05) is 18.9 Å². The fourth-order valence-electron chi connectivity index (χ4n) is 1.54. The number of nitrogens with zero attached hydrogens (tertiary/aromatic N) is 4. The monoisotopic (exact) mass is 214 g/mol. The lowest BCUT2D eigenvalue weighted by atomic mass is 10.2. The first-order valence-electron chi connectivity index (χ1n) is 5.29. The van der Waals surface area contributed by atoms with E-state index in [0.717, 1.165) is 23.5 Å². The van der Waals surface area contributed by atoms with E-state index < -0.39 is 0 Å². The first-order valence-corrected chi connectivity index (χ1v) is 5.29. The molecule has 0 aromatic carbocycles. The molecular formula is C12H14N4. The summed E-state index contributed by atoms with van der Waals surface area (Å²) in [6.07, 6.45) is 5.55. The summed E-state index contributed by atoms with van der Waals surface area (Å²) in [5, 5.41) is 12.1. The quantitative estimate of drug-likeness (QED) is 0.787. The molecule has 2 heterocycles. The average Bonchev–Trinajstić information content (AvgIpc) is 2.77. The van der Waals surface area contributed by atoms with Gasteiger partial charge in [0.05, 0.1) is 11.4 Å². The molecule has 2 aromatic heterocycles. The minimum absolute atomic E-state index is 0.868. The zero-order valence-electron chi connectivity index (χ0n) is 9.46. The highest BCUT2D eigenvalue weighted by atomic mass is 15.3. The summed E-state index contributed by atoms with van der Waals surface area (Å²) < 4.78 is 1.94. The molecule has 0 saturated heterocycles. The van der Waals surface area contributed by atoms with Crippen LogP contribution in [0.2, 0.25) is 0 Å². The average molecular weight is 214 g/mol. The van der Waals surface area contributed by atoms with Crippen LogP contribution in [-0.2, 0) is 6.54 Å². The Bertz CT molecular complexity index is 485. The van der Waals surface area contributed by atoms with Crippen LogP contribution in [0.25, 0.3) is 11.6 Å². The highest BCUT2D eigenvalue weighted by Crippen LogP contribution is 2.14. The van der Waals surface area contributed by atoms with Crippen LogP contribution in [-0.4, -0.2) is 20.0 Å². The first kappa shape index (κ1) is 10.5. The predicted molar refractivity (Wildman–Crippen MR) is 63.5 cm³/mol. The molecule has 2 rings (SSSR count). The van der Waals surface area contributed by atoms with Crippen LogP contribution in [0.1, 0.15) is 25.2 Å². The Labute approximate surface area is 94.6 Å². The normalized spacial score (nSPS) is 11.8. The molecule has 0 spiro atoms. The maximum Gasteiger partial charge on any atom is 0.0887 e. The molecule has 0 saturated carbocycles. The number of aromatic nitrogens is 4. The van der Waals surface area contributed by atoms with Gasteiger partial charge in [-0.2, -0.15) is 15.3 Å². The van der Waals surface area contributed by atoms with Crippen molar-refractivity contribution in [3.8, 4) is 0 Å². The summed E-state index contributed by atoms with van der Waals surface area (Å²) >= 11 is 0. The Kier molecular flexibility index (Phi) is 3.10. The molecule has 0 N–H and O–H groups in total. The molecule has 0 amide bonds. The Balaban J connectivity index is 2.31. The molecule has 2 aromatic rings. The predicted octanol–water partition coefficient (Wildman–Crippen LogP) is 2.25. The van der Waals surface area contributed by atoms with Gasteiger partial charge < -0.3 is 0 Å². The lowest BCUT2D eigenvalue weighted by Gasteiger charge is -2.02. The maximum absolute atomic E-state index is 4.22. The van der Waals surface area contributed by atoms with Crippen molar-refractivity contribution >= 4 is 11.6 Å². The Morgan fingerprint density at radius 2 is 2.25 bits per heavy atom. The van der Waals surface area contributed by atoms with E-state index in [9.17, 15) is 0 Å². The van der Waals surface area contributed by atoms with Crippen LogP contribution in [0.5, 0.6) is 0 Å². The molecule has 0 fully saturated rings. The highest BCUT2D eigenvalue weighted by Gasteiger charge is 2.00. The summed E-state index contributed by atoms with van der Waals surface area (Å²) in [7, 11) is 0. The third kappa shape index (κ3) is 2.16. The van der Waals surface area contributed by atoms with E-state index in [4.69, 9.17) is 0 Å². The second-order valence-electron chi connectivity index (χ2n) is 3.51. The molecule has 0 unspecified atom stereocenters. The van der Waals surface area contributed by atoms with Gasteiger partial charge in [-0.3, -0.25) is 4.68 Å². The SMILES string of the molecule is CCn1nccc1C=C(C)c1cccnn1. The second kappa shape index (κ2) is 4.70. The lowest BCUT2D eigenvalue weighted by Crippen LogP contribution is -1.98. The van der Waals surface area contributed by atoms with Crippen molar-refractivity contribution < 1.29 is 0 Å². The molecule has 82 valence electrons. The van der Waals surface area contributed by atoms with Crippen LogP contribution in [0, 0.1) is 0 Å². The van der Waals surface area contributed by atoms with Gasteiger partial charge >= 0.3 is 0 Å². The van der Waals surface area contributed by atoms with Crippen molar-refractivity contribution in [2.24, 2.45) is 0 Å². The third-order valence-electron chi connectivity index (χ3n) is 2.39. The molecule has 4 heteroatoms. The summed E-state index contributed by atoms with van der Waals surface area (Å²) in [5.74, 6) is 0. The second-order valence-corrected chi connectivity index (χ2v) is 3.51. The number of hydrogen-bond acceptors (Lipinski definition) is 3. The van der Waals surface area contributed by atoms with Gasteiger partial charge in [0.2, 0.25) is 0 Å². The molecule has 0 bridgehead atoms. The van der Waals surface area contributed by atoms with Crippen LogP contribution in [0.4, 0.5) is 0 Å². The summed E-state index contributed by atoms with van der Waals surface area (Å²) in [6.45, 7) is 4.96. The first-order chi connectivity index (χ1) is 7.81. The molecule has 16 heavy (non-hydrogen) atoms. The highest BCUT2D eigenvalue weighted by molar-refractivity contribution is 5.77. The summed E-state index contributed by atoms with van der Waals surface area (Å²) in [5.41, 5.74) is 3.07. The maximum atomic E-state index is 4.22. The van der Waals surface area contributed by atoms with Gasteiger partial charge in [-0.1, -0.05) is 0 Å². The molecule has 0 aliphatic carbocycles. The standard InChI is InChI=1S/C12H14N4/c1-3-16-11(6-8-14-16)9-10(2)12-5-4-7-13-15-12/h4-9H,3H2,1-2H3. The number of aryl methyl sites for hydroxylation is 1. The number of allylic oxidation sites excluding steroid dienone is 1. The van der Waals surface area contributed by atoms with Crippen molar-refractivity contribution in [2.75, 3.05) is 0 Å². The topological polar surface area (TPSA) is 43.6 Å². The van der Waals surface area contributed by atoms with E-state index in [-0.39, 0.29) is 0 Å². The van der Waals surface area contributed by atoms with Gasteiger partial charge in [0.1, 0.15) is 0 Å². The van der Waals surface area contributed by atoms with Crippen LogP contribution >= 0.6 is 0 Å². The van der Waals surface area contributed by atoms with Crippen LogP contribution in [0.3, 0.4) is 0 Å². The lowest BCUT2D eigenvalue weighted by molar-refractivity contribution is 0.654. The van der Waals surface area contributed by atoms with Gasteiger partial charge in [-0.25, -0.2) is 0 Å². The van der Waals surface area contributed by atoms with Crippen molar-refractivity contribution in [3.05, 3.63) is 42.0 Å². The number of hydrogen-bond donors (Lipinski definition) is 0. The minimum atomic E-state index is 0.868. The smallest absolute Gasteiger partial charge is 0.0887 e. The van der Waals surface area contributed by atoms with Crippen LogP contribution in [0.15, 0.2) is 30.6 Å². The molecule has 0 aliphatic rings. The largest absolute Gasteiger partial charge is 0.266 e. The molecular weight excluding hydrogens is 200 g/mol. The van der Waals surface area contributed by atoms with Crippen molar-refractivity contribution in [1.82, 2.24) is 20.0 Å². The van der Waals surface area contributed by atoms with E-state index in [2.05, 4.69) is 28.3 Å². The molecule has 4 nitrogen and oxygen atoms in total. The fraction of sp³-hybridized carbons (Fsp3) is 0.250. The Hall–Kier alpha value is -1.97. The fourth-order valence-corrected chi connectivity index (χ4v) is 1.54. The molecule has 0 aliphatic heterocycles. The Morgan fingerprint density at radius 1 is 1.38 bits per heavy atom. The molecule has 0 radical (unpaired) electrons. The third-order valence-corrected chi connectivity index (χ3v) is 2.39. The van der Waals surface area contributed by atoms with E-state index >= 15 is 0 Å². The van der Waals surface area contributed by atoms with Crippen molar-refractivity contribution in [3.63, 3.8) is 0 Å². The minimum Gasteiger partial charge on any atom is -0.266 e. The van der Waals surface area contributed by atoms with Gasteiger partial charge in [0.25, 0.3) is 0 Å². The van der Waals surface area contributed by atoms with Crippen LogP contribution < -0.4 is 0 Å². The van der Waals surface area contributed by atoms with Crippen molar-refractivity contribution in [2.45, 2.75) is 20.4 Å².